The van der Waals surface area contributed by atoms with Gasteiger partial charge in [0.05, 0.1) is 0 Å². The molecule has 0 aliphatic heterocycles. The van der Waals surface area contributed by atoms with Gasteiger partial charge in [0.2, 0.25) is 0 Å². The Hall–Kier alpha value is -1.22. The zero-order valence-corrected chi connectivity index (χ0v) is 11.6. The van der Waals surface area contributed by atoms with Crippen molar-refractivity contribution in [1.29, 1.82) is 0 Å². The van der Waals surface area contributed by atoms with E-state index >= 15 is 0 Å². The smallest absolute Gasteiger partial charge is 0.119 e. The topological polar surface area (TPSA) is 24.5 Å². The summed E-state index contributed by atoms with van der Waals surface area (Å²) < 4.78 is 5.63. The minimum atomic E-state index is 0.0906. The first-order chi connectivity index (χ1) is 7.87. The molecule has 0 amide bonds. The van der Waals surface area contributed by atoms with Gasteiger partial charge in [-0.15, -0.1) is 0 Å². The fourth-order valence-electron chi connectivity index (χ4n) is 1.41. The highest BCUT2D eigenvalue weighted by atomic mass is 16.5. The van der Waals surface area contributed by atoms with E-state index in [1.807, 2.05) is 26.2 Å². The molecule has 0 aliphatic carbocycles. The fourth-order valence-corrected chi connectivity index (χ4v) is 1.41. The van der Waals surface area contributed by atoms with Crippen molar-refractivity contribution < 1.29 is 4.74 Å². The van der Waals surface area contributed by atoms with Crippen molar-refractivity contribution in [3.63, 3.8) is 0 Å². The largest absolute Gasteiger partial charge is 0.492 e. The van der Waals surface area contributed by atoms with Crippen molar-refractivity contribution in [2.75, 3.05) is 32.6 Å². The number of hydrogen-bond donors (Lipinski definition) is 1. The normalized spacial score (nSPS) is 11.6. The molecule has 0 spiro atoms. The highest BCUT2D eigenvalue weighted by Crippen LogP contribution is 2.18. The second kappa shape index (κ2) is 5.92. The van der Waals surface area contributed by atoms with E-state index in [0.29, 0.717) is 0 Å². The number of nitrogens with one attached hydrogen (secondary N) is 1. The molecule has 0 radical (unpaired) electrons. The number of hydrogen-bond acceptors (Lipinski definition) is 3. The molecular formula is C14H24N2O. The van der Waals surface area contributed by atoms with Gasteiger partial charge in [0.15, 0.2) is 0 Å². The van der Waals surface area contributed by atoms with Gasteiger partial charge >= 0.3 is 0 Å². The third-order valence-electron chi connectivity index (χ3n) is 2.18. The van der Waals surface area contributed by atoms with Crippen LogP contribution >= 0.6 is 0 Å². The Bertz CT molecular complexity index is 325. The summed E-state index contributed by atoms with van der Waals surface area (Å²) in [5, 5.41) is 3.42. The van der Waals surface area contributed by atoms with E-state index in [0.717, 1.165) is 24.6 Å². The third kappa shape index (κ3) is 6.17. The van der Waals surface area contributed by atoms with Crippen molar-refractivity contribution in [2.45, 2.75) is 26.3 Å². The maximum atomic E-state index is 5.63. The van der Waals surface area contributed by atoms with Crippen LogP contribution in [0.2, 0.25) is 0 Å². The molecule has 0 fully saturated rings. The Morgan fingerprint density at radius 1 is 1.12 bits per heavy atom. The second-order valence-corrected chi connectivity index (χ2v) is 5.55. The summed E-state index contributed by atoms with van der Waals surface area (Å²) in [6.45, 7) is 8.10. The Morgan fingerprint density at radius 3 is 2.18 bits per heavy atom. The van der Waals surface area contributed by atoms with Gasteiger partial charge in [-0.05, 0) is 59.1 Å². The highest BCUT2D eigenvalue weighted by Gasteiger charge is 2.08. The van der Waals surface area contributed by atoms with E-state index in [1.54, 1.807) is 0 Å². The summed E-state index contributed by atoms with van der Waals surface area (Å²) in [6, 6.07) is 8.11. The molecular weight excluding hydrogens is 212 g/mol. The van der Waals surface area contributed by atoms with Gasteiger partial charge in [0, 0.05) is 17.8 Å². The molecule has 0 saturated heterocycles. The second-order valence-electron chi connectivity index (χ2n) is 5.55. The molecule has 0 aliphatic rings. The standard InChI is InChI=1S/C14H24N2O/c1-14(2,3)15-12-6-8-13(9-7-12)17-11-10-16(4)5/h6-9,15H,10-11H2,1-5H3. The van der Waals surface area contributed by atoms with Gasteiger partial charge in [-0.25, -0.2) is 0 Å². The Balaban J connectivity index is 2.45. The van der Waals surface area contributed by atoms with Gasteiger partial charge in [0.1, 0.15) is 12.4 Å². The van der Waals surface area contributed by atoms with E-state index in [-0.39, 0.29) is 5.54 Å². The summed E-state index contributed by atoms with van der Waals surface area (Å²) in [5.74, 6) is 0.923. The molecule has 1 aromatic rings. The first-order valence-corrected chi connectivity index (χ1v) is 6.02. The molecule has 0 saturated carbocycles. The summed E-state index contributed by atoms with van der Waals surface area (Å²) in [6.07, 6.45) is 0. The van der Waals surface area contributed by atoms with E-state index in [2.05, 4.69) is 43.1 Å². The predicted octanol–water partition coefficient (Wildman–Crippen LogP) is 2.84. The van der Waals surface area contributed by atoms with Crippen LogP contribution in [0.3, 0.4) is 0 Å². The summed E-state index contributed by atoms with van der Waals surface area (Å²) in [7, 11) is 4.08. The van der Waals surface area contributed by atoms with Gasteiger partial charge in [0.25, 0.3) is 0 Å². The summed E-state index contributed by atoms with van der Waals surface area (Å²) in [4.78, 5) is 2.11. The van der Waals surface area contributed by atoms with Crippen LogP contribution in [0.4, 0.5) is 5.69 Å². The summed E-state index contributed by atoms with van der Waals surface area (Å²) >= 11 is 0. The zero-order chi connectivity index (χ0) is 12.9. The lowest BCUT2D eigenvalue weighted by atomic mass is 10.1. The van der Waals surface area contributed by atoms with E-state index < -0.39 is 0 Å². The van der Waals surface area contributed by atoms with E-state index in [1.165, 1.54) is 0 Å². The average Bonchev–Trinajstić information content (AvgIpc) is 2.18. The first-order valence-electron chi connectivity index (χ1n) is 6.02. The highest BCUT2D eigenvalue weighted by molar-refractivity contribution is 5.47. The van der Waals surface area contributed by atoms with Crippen LogP contribution in [0, 0.1) is 0 Å². The molecule has 1 rings (SSSR count). The fraction of sp³-hybridized carbons (Fsp3) is 0.571. The van der Waals surface area contributed by atoms with Crippen molar-refractivity contribution >= 4 is 5.69 Å². The minimum Gasteiger partial charge on any atom is -0.492 e. The van der Waals surface area contributed by atoms with E-state index in [9.17, 15) is 0 Å². The van der Waals surface area contributed by atoms with Crippen molar-refractivity contribution in [2.24, 2.45) is 0 Å². The molecule has 1 aromatic carbocycles. The molecule has 1 N–H and O–H groups in total. The van der Waals surface area contributed by atoms with Gasteiger partial charge in [-0.2, -0.15) is 0 Å². The minimum absolute atomic E-state index is 0.0906. The van der Waals surface area contributed by atoms with Crippen molar-refractivity contribution in [3.8, 4) is 5.75 Å². The molecule has 0 bridgehead atoms. The molecule has 17 heavy (non-hydrogen) atoms. The Labute approximate surface area is 105 Å². The number of rotatable bonds is 5. The number of ether oxygens (including phenoxy) is 1. The zero-order valence-electron chi connectivity index (χ0n) is 11.6. The summed E-state index contributed by atoms with van der Waals surface area (Å²) in [5.41, 5.74) is 1.21. The Kier molecular flexibility index (Phi) is 4.82. The molecule has 3 nitrogen and oxygen atoms in total. The maximum Gasteiger partial charge on any atom is 0.119 e. The van der Waals surface area contributed by atoms with Crippen LogP contribution in [-0.2, 0) is 0 Å². The number of likely N-dealkylation sites (N-methyl/N-ethyl adjacent to an activating group) is 1. The predicted molar refractivity (Wildman–Crippen MR) is 73.9 cm³/mol. The van der Waals surface area contributed by atoms with Crippen LogP contribution in [0.25, 0.3) is 0 Å². The lowest BCUT2D eigenvalue weighted by Crippen LogP contribution is -2.25. The monoisotopic (exact) mass is 236 g/mol. The van der Waals surface area contributed by atoms with E-state index in [4.69, 9.17) is 4.74 Å². The molecule has 3 heteroatoms. The molecule has 96 valence electrons. The maximum absolute atomic E-state index is 5.63. The quantitative estimate of drug-likeness (QED) is 0.851. The Morgan fingerprint density at radius 2 is 1.71 bits per heavy atom. The lowest BCUT2D eigenvalue weighted by Gasteiger charge is -2.22. The van der Waals surface area contributed by atoms with Crippen LogP contribution in [0.5, 0.6) is 5.75 Å². The first kappa shape index (κ1) is 13.8. The SMILES string of the molecule is CN(C)CCOc1ccc(NC(C)(C)C)cc1. The van der Waals surface area contributed by atoms with Crippen LogP contribution in [0.15, 0.2) is 24.3 Å². The average molecular weight is 236 g/mol. The van der Waals surface area contributed by atoms with Crippen LogP contribution < -0.4 is 10.1 Å². The van der Waals surface area contributed by atoms with Crippen LogP contribution in [0.1, 0.15) is 20.8 Å². The molecule has 0 atom stereocenters. The van der Waals surface area contributed by atoms with Crippen molar-refractivity contribution in [3.05, 3.63) is 24.3 Å². The lowest BCUT2D eigenvalue weighted by molar-refractivity contribution is 0.261. The van der Waals surface area contributed by atoms with Crippen LogP contribution in [-0.4, -0.2) is 37.7 Å². The molecule has 0 aromatic heterocycles. The third-order valence-corrected chi connectivity index (χ3v) is 2.18. The van der Waals surface area contributed by atoms with Gasteiger partial charge in [-0.1, -0.05) is 0 Å². The number of anilines is 1. The van der Waals surface area contributed by atoms with Gasteiger partial charge < -0.3 is 15.0 Å². The van der Waals surface area contributed by atoms with Gasteiger partial charge in [-0.3, -0.25) is 0 Å². The number of benzene rings is 1. The van der Waals surface area contributed by atoms with Crippen molar-refractivity contribution in [1.82, 2.24) is 4.90 Å². The molecule has 0 heterocycles. The molecule has 0 unspecified atom stereocenters. The number of nitrogens with zero attached hydrogens (tertiary/aromatic N) is 1.